The molecule has 0 aromatic heterocycles. The van der Waals surface area contributed by atoms with Crippen molar-refractivity contribution in [1.82, 2.24) is 4.90 Å². The van der Waals surface area contributed by atoms with E-state index in [4.69, 9.17) is 16.3 Å². The second kappa shape index (κ2) is 6.76. The molecule has 4 heteroatoms. The largest absolute Gasteiger partial charge is 0.370 e. The van der Waals surface area contributed by atoms with Crippen molar-refractivity contribution in [3.8, 4) is 0 Å². The highest BCUT2D eigenvalue weighted by Crippen LogP contribution is 2.28. The minimum Gasteiger partial charge on any atom is -0.370 e. The maximum Gasteiger partial charge on any atom is 0.222 e. The molecular weight excluding hydrogens is 250 g/mol. The Labute approximate surface area is 115 Å². The van der Waals surface area contributed by atoms with Gasteiger partial charge in [-0.2, -0.15) is 0 Å². The molecule has 1 saturated heterocycles. The molecule has 0 aromatic rings. The lowest BCUT2D eigenvalue weighted by Crippen LogP contribution is -2.49. The van der Waals surface area contributed by atoms with Crippen molar-refractivity contribution in [2.45, 2.75) is 57.7 Å². The first-order valence-electron chi connectivity index (χ1n) is 7.18. The Bertz CT molecular complexity index is 279. The number of rotatable bonds is 4. The summed E-state index contributed by atoms with van der Waals surface area (Å²) in [5.41, 5.74) is 0. The number of nitrogens with zero attached hydrogens (tertiary/aromatic N) is 1. The predicted octanol–water partition coefficient (Wildman–Crippen LogP) is 2.81. The van der Waals surface area contributed by atoms with Crippen LogP contribution in [0.25, 0.3) is 0 Å². The minimum absolute atomic E-state index is 0.00541. The summed E-state index contributed by atoms with van der Waals surface area (Å²) in [5.74, 6) is 1.54. The molecular formula is C14H24ClNO2. The molecule has 3 nitrogen and oxygen atoms in total. The molecule has 0 aromatic carbocycles. The zero-order chi connectivity index (χ0) is 13.0. The fraction of sp³-hybridized carbons (Fsp3) is 0.929. The monoisotopic (exact) mass is 273 g/mol. The number of carbonyl (C=O) groups is 1. The number of hydrogen-bond acceptors (Lipinski definition) is 2. The fourth-order valence-electron chi connectivity index (χ4n) is 3.12. The van der Waals surface area contributed by atoms with E-state index in [2.05, 4.69) is 0 Å². The van der Waals surface area contributed by atoms with Gasteiger partial charge < -0.3 is 9.64 Å². The van der Waals surface area contributed by atoms with Crippen molar-refractivity contribution in [1.29, 1.82) is 0 Å². The van der Waals surface area contributed by atoms with Gasteiger partial charge in [-0.15, -0.1) is 11.6 Å². The maximum absolute atomic E-state index is 12.2. The molecule has 2 aliphatic rings. The van der Waals surface area contributed by atoms with Crippen LogP contribution in [0.3, 0.4) is 0 Å². The third-order valence-corrected chi connectivity index (χ3v) is 4.44. The average Bonchev–Trinajstić information content (AvgIpc) is 2.88. The van der Waals surface area contributed by atoms with Gasteiger partial charge in [-0.3, -0.25) is 4.79 Å². The molecule has 0 spiro atoms. The number of halogens is 1. The Kier molecular flexibility index (Phi) is 5.31. The third kappa shape index (κ3) is 3.86. The summed E-state index contributed by atoms with van der Waals surface area (Å²) >= 11 is 5.83. The Morgan fingerprint density at radius 2 is 2.06 bits per heavy atom. The van der Waals surface area contributed by atoms with Crippen LogP contribution in [0.5, 0.6) is 0 Å². The molecule has 1 saturated carbocycles. The molecule has 0 radical (unpaired) electrons. The molecule has 2 fully saturated rings. The molecule has 2 atom stereocenters. The highest BCUT2D eigenvalue weighted by atomic mass is 35.5. The van der Waals surface area contributed by atoms with Crippen molar-refractivity contribution in [3.63, 3.8) is 0 Å². The van der Waals surface area contributed by atoms with Gasteiger partial charge in [0.25, 0.3) is 0 Å². The van der Waals surface area contributed by atoms with Crippen molar-refractivity contribution < 1.29 is 9.53 Å². The van der Waals surface area contributed by atoms with E-state index in [1.54, 1.807) is 0 Å². The van der Waals surface area contributed by atoms with Gasteiger partial charge in [-0.05, 0) is 19.3 Å². The van der Waals surface area contributed by atoms with E-state index in [1.807, 2.05) is 11.8 Å². The normalized spacial score (nSPS) is 29.8. The highest BCUT2D eigenvalue weighted by molar-refractivity contribution is 6.18. The van der Waals surface area contributed by atoms with Gasteiger partial charge in [0.1, 0.15) is 0 Å². The SMILES string of the molecule is CC1CN(C(=O)CCC2CCCC2)CC(CCl)O1. The quantitative estimate of drug-likeness (QED) is 0.737. The van der Waals surface area contributed by atoms with Crippen LogP contribution < -0.4 is 0 Å². The van der Waals surface area contributed by atoms with Gasteiger partial charge in [0, 0.05) is 19.5 Å². The molecule has 104 valence electrons. The van der Waals surface area contributed by atoms with Crippen molar-refractivity contribution in [3.05, 3.63) is 0 Å². The number of ether oxygens (including phenoxy) is 1. The summed E-state index contributed by atoms with van der Waals surface area (Å²) in [7, 11) is 0. The van der Waals surface area contributed by atoms with Crippen LogP contribution in [0.4, 0.5) is 0 Å². The second-order valence-corrected chi connectivity index (χ2v) is 6.02. The van der Waals surface area contributed by atoms with Gasteiger partial charge in [-0.1, -0.05) is 25.7 Å². The van der Waals surface area contributed by atoms with Crippen LogP contribution >= 0.6 is 11.6 Å². The number of amides is 1. The molecule has 1 aliphatic carbocycles. The lowest BCUT2D eigenvalue weighted by molar-refractivity contribution is -0.143. The first kappa shape index (κ1) is 14.1. The van der Waals surface area contributed by atoms with Crippen molar-refractivity contribution >= 4 is 17.5 Å². The number of carbonyl (C=O) groups excluding carboxylic acids is 1. The van der Waals surface area contributed by atoms with E-state index in [9.17, 15) is 4.79 Å². The zero-order valence-corrected chi connectivity index (χ0v) is 12.0. The maximum atomic E-state index is 12.2. The van der Waals surface area contributed by atoms with Crippen LogP contribution in [0.15, 0.2) is 0 Å². The summed E-state index contributed by atoms with van der Waals surface area (Å²) in [5, 5.41) is 0. The zero-order valence-electron chi connectivity index (χ0n) is 11.2. The lowest BCUT2D eigenvalue weighted by atomic mass is 10.0. The molecule has 2 rings (SSSR count). The molecule has 18 heavy (non-hydrogen) atoms. The van der Waals surface area contributed by atoms with Gasteiger partial charge in [0.15, 0.2) is 0 Å². The predicted molar refractivity (Wildman–Crippen MR) is 72.8 cm³/mol. The Morgan fingerprint density at radius 3 is 2.72 bits per heavy atom. The molecule has 1 heterocycles. The molecule has 1 amide bonds. The van der Waals surface area contributed by atoms with Gasteiger partial charge >= 0.3 is 0 Å². The number of alkyl halides is 1. The van der Waals surface area contributed by atoms with Crippen LogP contribution in [0.2, 0.25) is 0 Å². The Morgan fingerprint density at radius 1 is 1.33 bits per heavy atom. The van der Waals surface area contributed by atoms with Crippen molar-refractivity contribution in [2.24, 2.45) is 5.92 Å². The minimum atomic E-state index is 0.00541. The smallest absolute Gasteiger partial charge is 0.222 e. The highest BCUT2D eigenvalue weighted by Gasteiger charge is 2.28. The van der Waals surface area contributed by atoms with Crippen LogP contribution in [0, 0.1) is 5.92 Å². The topological polar surface area (TPSA) is 29.5 Å². The molecule has 2 unspecified atom stereocenters. The standard InChI is InChI=1S/C14H24ClNO2/c1-11-9-16(10-13(8-15)18-11)14(17)7-6-12-4-2-3-5-12/h11-13H,2-10H2,1H3. The number of hydrogen-bond donors (Lipinski definition) is 0. The Balaban J connectivity index is 1.76. The van der Waals surface area contributed by atoms with Crippen LogP contribution in [0.1, 0.15) is 45.4 Å². The van der Waals surface area contributed by atoms with Gasteiger partial charge in [0.05, 0.1) is 18.1 Å². The summed E-state index contributed by atoms with van der Waals surface area (Å²) in [6.07, 6.45) is 7.21. The fourth-order valence-corrected chi connectivity index (χ4v) is 3.29. The Hall–Kier alpha value is -0.280. The van der Waals surface area contributed by atoms with Crippen molar-refractivity contribution in [2.75, 3.05) is 19.0 Å². The third-order valence-electron chi connectivity index (χ3n) is 4.09. The summed E-state index contributed by atoms with van der Waals surface area (Å²) in [6, 6.07) is 0. The van der Waals surface area contributed by atoms with E-state index < -0.39 is 0 Å². The summed E-state index contributed by atoms with van der Waals surface area (Å²) in [4.78, 5) is 14.1. The van der Waals surface area contributed by atoms with Gasteiger partial charge in [0.2, 0.25) is 5.91 Å². The van der Waals surface area contributed by atoms with E-state index in [0.717, 1.165) is 18.9 Å². The van der Waals surface area contributed by atoms with E-state index in [-0.39, 0.29) is 18.1 Å². The van der Waals surface area contributed by atoms with E-state index >= 15 is 0 Å². The van der Waals surface area contributed by atoms with E-state index in [1.165, 1.54) is 25.7 Å². The van der Waals surface area contributed by atoms with E-state index in [0.29, 0.717) is 18.8 Å². The molecule has 1 aliphatic heterocycles. The molecule has 0 bridgehead atoms. The molecule has 0 N–H and O–H groups in total. The summed E-state index contributed by atoms with van der Waals surface area (Å²) < 4.78 is 5.67. The number of morpholine rings is 1. The lowest BCUT2D eigenvalue weighted by Gasteiger charge is -2.36. The summed E-state index contributed by atoms with van der Waals surface area (Å²) in [6.45, 7) is 3.39. The second-order valence-electron chi connectivity index (χ2n) is 5.71. The van der Waals surface area contributed by atoms with Gasteiger partial charge in [-0.25, -0.2) is 0 Å². The van der Waals surface area contributed by atoms with Crippen LogP contribution in [-0.2, 0) is 9.53 Å². The van der Waals surface area contributed by atoms with Crippen LogP contribution in [-0.4, -0.2) is 42.0 Å². The first-order chi connectivity index (χ1) is 8.69. The first-order valence-corrected chi connectivity index (χ1v) is 7.71. The average molecular weight is 274 g/mol.